The molecule has 0 bridgehead atoms. The second kappa shape index (κ2) is 5.53. The first-order valence-electron chi connectivity index (χ1n) is 5.70. The number of methoxy groups -OCH3 is 1. The Hall–Kier alpha value is -2.04. The van der Waals surface area contributed by atoms with Gasteiger partial charge in [0.25, 0.3) is 0 Å². The maximum Gasteiger partial charge on any atom is 0.157 e. The fourth-order valence-electron chi connectivity index (χ4n) is 1.53. The van der Waals surface area contributed by atoms with Gasteiger partial charge >= 0.3 is 0 Å². The molecule has 2 rings (SSSR count). The quantitative estimate of drug-likeness (QED) is 0.818. The Morgan fingerprint density at radius 1 is 1.33 bits per heavy atom. The van der Waals surface area contributed by atoms with Crippen LogP contribution in [0.1, 0.15) is 12.5 Å². The molecule has 0 saturated carbocycles. The number of ether oxygens (including phenoxy) is 2. The molecule has 1 heterocycles. The van der Waals surface area contributed by atoms with Crippen molar-refractivity contribution in [3.8, 4) is 11.5 Å². The molecular formula is C13H15FN2O2. The van der Waals surface area contributed by atoms with Gasteiger partial charge in [0, 0.05) is 18.2 Å². The van der Waals surface area contributed by atoms with E-state index >= 15 is 0 Å². The van der Waals surface area contributed by atoms with Gasteiger partial charge in [0.05, 0.1) is 19.5 Å². The average molecular weight is 250 g/mol. The third-order valence-electron chi connectivity index (χ3n) is 2.59. The molecule has 4 nitrogen and oxygen atoms in total. The van der Waals surface area contributed by atoms with E-state index in [2.05, 4.69) is 5.10 Å². The SMILES string of the molecule is CCn1cc(OCc2ccc(OC)cc2F)cn1. The number of benzene rings is 1. The third kappa shape index (κ3) is 2.80. The van der Waals surface area contributed by atoms with E-state index in [0.717, 1.165) is 6.54 Å². The largest absolute Gasteiger partial charge is 0.497 e. The summed E-state index contributed by atoms with van der Waals surface area (Å²) >= 11 is 0. The van der Waals surface area contributed by atoms with Crippen LogP contribution in [0.2, 0.25) is 0 Å². The van der Waals surface area contributed by atoms with Gasteiger partial charge in [-0.3, -0.25) is 4.68 Å². The number of rotatable bonds is 5. The summed E-state index contributed by atoms with van der Waals surface area (Å²) in [6.45, 7) is 2.94. The van der Waals surface area contributed by atoms with Crippen molar-refractivity contribution in [1.29, 1.82) is 0 Å². The average Bonchev–Trinajstić information content (AvgIpc) is 2.85. The fraction of sp³-hybridized carbons (Fsp3) is 0.308. The van der Waals surface area contributed by atoms with Crippen LogP contribution >= 0.6 is 0 Å². The molecule has 0 aliphatic heterocycles. The molecule has 0 saturated heterocycles. The van der Waals surface area contributed by atoms with Gasteiger partial charge in [-0.25, -0.2) is 4.39 Å². The normalized spacial score (nSPS) is 10.4. The van der Waals surface area contributed by atoms with Crippen LogP contribution in [0.4, 0.5) is 4.39 Å². The lowest BCUT2D eigenvalue weighted by Crippen LogP contribution is -1.98. The highest BCUT2D eigenvalue weighted by Crippen LogP contribution is 2.18. The maximum atomic E-state index is 13.6. The minimum absolute atomic E-state index is 0.172. The summed E-state index contributed by atoms with van der Waals surface area (Å²) in [5.74, 6) is 0.791. The van der Waals surface area contributed by atoms with Gasteiger partial charge in [-0.05, 0) is 19.1 Å². The zero-order valence-electron chi connectivity index (χ0n) is 10.4. The molecule has 0 amide bonds. The minimum atomic E-state index is -0.336. The summed E-state index contributed by atoms with van der Waals surface area (Å²) in [5.41, 5.74) is 0.486. The molecule has 2 aromatic rings. The van der Waals surface area contributed by atoms with E-state index in [9.17, 15) is 4.39 Å². The van der Waals surface area contributed by atoms with E-state index in [4.69, 9.17) is 9.47 Å². The van der Waals surface area contributed by atoms with Gasteiger partial charge in [0.2, 0.25) is 0 Å². The number of nitrogens with zero attached hydrogens (tertiary/aromatic N) is 2. The zero-order chi connectivity index (χ0) is 13.0. The lowest BCUT2D eigenvalue weighted by molar-refractivity contribution is 0.299. The Morgan fingerprint density at radius 3 is 2.78 bits per heavy atom. The summed E-state index contributed by atoms with van der Waals surface area (Å²) in [6, 6.07) is 4.70. The van der Waals surface area contributed by atoms with Gasteiger partial charge in [-0.15, -0.1) is 0 Å². The number of hydrogen-bond acceptors (Lipinski definition) is 3. The van der Waals surface area contributed by atoms with Crippen molar-refractivity contribution in [3.05, 3.63) is 42.0 Å². The van der Waals surface area contributed by atoms with E-state index in [1.54, 1.807) is 29.2 Å². The van der Waals surface area contributed by atoms with Gasteiger partial charge in [0.1, 0.15) is 18.2 Å². The van der Waals surface area contributed by atoms with E-state index in [-0.39, 0.29) is 12.4 Å². The van der Waals surface area contributed by atoms with Crippen molar-refractivity contribution in [2.24, 2.45) is 0 Å². The molecule has 96 valence electrons. The van der Waals surface area contributed by atoms with E-state index < -0.39 is 0 Å². The van der Waals surface area contributed by atoms with Crippen LogP contribution in [0, 0.1) is 5.82 Å². The Kier molecular flexibility index (Phi) is 3.82. The lowest BCUT2D eigenvalue weighted by Gasteiger charge is -2.06. The first-order valence-corrected chi connectivity index (χ1v) is 5.70. The highest BCUT2D eigenvalue weighted by molar-refractivity contribution is 5.28. The summed E-state index contributed by atoms with van der Waals surface area (Å²) in [7, 11) is 1.50. The monoisotopic (exact) mass is 250 g/mol. The molecule has 0 fully saturated rings. The molecule has 0 unspecified atom stereocenters. The van der Waals surface area contributed by atoms with Crippen molar-refractivity contribution >= 4 is 0 Å². The standard InChI is InChI=1S/C13H15FN2O2/c1-3-16-8-12(7-15-16)18-9-10-4-5-11(17-2)6-13(10)14/h4-8H,3,9H2,1-2H3. The molecule has 0 N–H and O–H groups in total. The summed E-state index contributed by atoms with van der Waals surface area (Å²) in [6.07, 6.45) is 3.40. The van der Waals surface area contributed by atoms with E-state index in [0.29, 0.717) is 17.1 Å². The maximum absolute atomic E-state index is 13.6. The van der Waals surface area contributed by atoms with Gasteiger partial charge in [0.15, 0.2) is 5.75 Å². The number of halogens is 1. The second-order valence-electron chi connectivity index (χ2n) is 3.78. The third-order valence-corrected chi connectivity index (χ3v) is 2.59. The van der Waals surface area contributed by atoms with Crippen LogP contribution in [0.15, 0.2) is 30.6 Å². The summed E-state index contributed by atoms with van der Waals surface area (Å²) < 4.78 is 25.8. The molecule has 18 heavy (non-hydrogen) atoms. The van der Waals surface area contributed by atoms with Crippen molar-refractivity contribution in [2.75, 3.05) is 7.11 Å². The van der Waals surface area contributed by atoms with E-state index in [1.807, 2.05) is 6.92 Å². The minimum Gasteiger partial charge on any atom is -0.497 e. The second-order valence-corrected chi connectivity index (χ2v) is 3.78. The summed E-state index contributed by atoms with van der Waals surface area (Å²) in [5, 5.41) is 4.07. The molecule has 1 aromatic heterocycles. The molecule has 0 atom stereocenters. The number of hydrogen-bond donors (Lipinski definition) is 0. The van der Waals surface area contributed by atoms with Crippen LogP contribution in [-0.2, 0) is 13.2 Å². The lowest BCUT2D eigenvalue weighted by atomic mass is 10.2. The van der Waals surface area contributed by atoms with Gasteiger partial charge in [-0.2, -0.15) is 5.10 Å². The predicted molar refractivity (Wildman–Crippen MR) is 65.2 cm³/mol. The smallest absolute Gasteiger partial charge is 0.157 e. The van der Waals surface area contributed by atoms with Gasteiger partial charge in [-0.1, -0.05) is 0 Å². The highest BCUT2D eigenvalue weighted by Gasteiger charge is 2.05. The molecule has 5 heteroatoms. The van der Waals surface area contributed by atoms with Crippen LogP contribution < -0.4 is 9.47 Å². The van der Waals surface area contributed by atoms with Crippen molar-refractivity contribution in [2.45, 2.75) is 20.1 Å². The first kappa shape index (κ1) is 12.4. The molecule has 1 aromatic carbocycles. The van der Waals surface area contributed by atoms with Crippen LogP contribution in [0.5, 0.6) is 11.5 Å². The Morgan fingerprint density at radius 2 is 2.17 bits per heavy atom. The Labute approximate surface area is 105 Å². The zero-order valence-corrected chi connectivity index (χ0v) is 10.4. The highest BCUT2D eigenvalue weighted by atomic mass is 19.1. The predicted octanol–water partition coefficient (Wildman–Crippen LogP) is 2.63. The molecular weight excluding hydrogens is 235 g/mol. The molecule has 0 aliphatic rings. The van der Waals surface area contributed by atoms with E-state index in [1.165, 1.54) is 13.2 Å². The van der Waals surface area contributed by atoms with Crippen molar-refractivity contribution in [3.63, 3.8) is 0 Å². The summed E-state index contributed by atoms with van der Waals surface area (Å²) in [4.78, 5) is 0. The molecule has 0 radical (unpaired) electrons. The van der Waals surface area contributed by atoms with Gasteiger partial charge < -0.3 is 9.47 Å². The fourth-order valence-corrected chi connectivity index (χ4v) is 1.53. The molecule has 0 aliphatic carbocycles. The Balaban J connectivity index is 2.01. The number of aromatic nitrogens is 2. The molecule has 0 spiro atoms. The van der Waals surface area contributed by atoms with Crippen molar-refractivity contribution in [1.82, 2.24) is 9.78 Å². The topological polar surface area (TPSA) is 36.3 Å². The Bertz CT molecular complexity index is 525. The van der Waals surface area contributed by atoms with Crippen LogP contribution in [0.25, 0.3) is 0 Å². The van der Waals surface area contributed by atoms with Crippen molar-refractivity contribution < 1.29 is 13.9 Å². The van der Waals surface area contributed by atoms with Crippen LogP contribution in [-0.4, -0.2) is 16.9 Å². The van der Waals surface area contributed by atoms with Crippen LogP contribution in [0.3, 0.4) is 0 Å². The number of aryl methyl sites for hydroxylation is 1. The first-order chi connectivity index (χ1) is 8.72.